The van der Waals surface area contributed by atoms with Gasteiger partial charge in [0.05, 0.1) is 0 Å². The Balaban J connectivity index is 0.000000152. The van der Waals surface area contributed by atoms with Crippen molar-refractivity contribution in [1.29, 1.82) is 0 Å². The van der Waals surface area contributed by atoms with Gasteiger partial charge in [0.15, 0.2) is 0 Å². The monoisotopic (exact) mass is 719 g/mol. The van der Waals surface area contributed by atoms with Crippen molar-refractivity contribution in [2.24, 2.45) is 46.3 Å². The molecule has 2 heteroatoms. The Labute approximate surface area is 326 Å². The Morgan fingerprint density at radius 1 is 0.547 bits per heavy atom. The molecule has 2 aromatic rings. The first kappa shape index (κ1) is 37.9. The fraction of sp³-hybridized carbons (Fsp3) is 0.765. The Kier molecular flexibility index (Phi) is 9.54. The molecule has 0 amide bonds. The van der Waals surface area contributed by atoms with Crippen LogP contribution in [0.2, 0.25) is 0 Å². The van der Waals surface area contributed by atoms with Gasteiger partial charge in [-0.3, -0.25) is 0 Å². The molecule has 292 valence electrons. The van der Waals surface area contributed by atoms with Crippen molar-refractivity contribution in [1.82, 2.24) is 0 Å². The Bertz CT molecular complexity index is 1610. The van der Waals surface area contributed by atoms with Crippen molar-refractivity contribution in [2.45, 2.75) is 188 Å². The van der Waals surface area contributed by atoms with Crippen molar-refractivity contribution >= 4 is 11.4 Å². The highest BCUT2D eigenvalue weighted by Crippen LogP contribution is 2.70. The molecule has 2 saturated heterocycles. The minimum Gasteiger partial charge on any atom is -0.365 e. The normalized spacial score (nSPS) is 36.0. The number of fused-ring (bicyclic) bond motifs is 9. The molecule has 0 N–H and O–H groups in total. The van der Waals surface area contributed by atoms with Crippen LogP contribution in [0.4, 0.5) is 11.4 Å². The summed E-state index contributed by atoms with van der Waals surface area (Å²) in [7, 11) is 0. The van der Waals surface area contributed by atoms with Crippen LogP contribution in [0.25, 0.3) is 0 Å². The molecule has 2 heterocycles. The highest BCUT2D eigenvalue weighted by molar-refractivity contribution is 5.66. The van der Waals surface area contributed by atoms with E-state index in [1.165, 1.54) is 70.9 Å². The lowest BCUT2D eigenvalue weighted by atomic mass is 9.64. The van der Waals surface area contributed by atoms with E-state index in [0.29, 0.717) is 34.5 Å². The molecule has 5 aliphatic carbocycles. The predicted molar refractivity (Wildman–Crippen MR) is 229 cm³/mol. The molecule has 9 rings (SSSR count). The van der Waals surface area contributed by atoms with E-state index < -0.39 is 0 Å². The van der Waals surface area contributed by atoms with Gasteiger partial charge in [-0.2, -0.15) is 0 Å². The molecule has 8 unspecified atom stereocenters. The van der Waals surface area contributed by atoms with Crippen LogP contribution in [0, 0.1) is 46.3 Å². The lowest BCUT2D eigenvalue weighted by molar-refractivity contribution is 0.0949. The number of nitrogens with zero attached hydrogens (tertiary/aromatic N) is 2. The van der Waals surface area contributed by atoms with Gasteiger partial charge in [-0.1, -0.05) is 105 Å². The van der Waals surface area contributed by atoms with E-state index in [9.17, 15) is 0 Å². The Hall–Kier alpha value is -1.96. The topological polar surface area (TPSA) is 6.48 Å². The number of rotatable bonds is 6. The molecule has 8 atom stereocenters. The number of hydrogen-bond donors (Lipinski definition) is 0. The molecule has 2 spiro atoms. The van der Waals surface area contributed by atoms with Crippen LogP contribution in [0.5, 0.6) is 0 Å². The standard InChI is InChI=1S/C27H41N.C24H37N/c1-17(2)20-9-7-10-21(18(3)4)25(20)28-16-27(15-26(28,5)6)14-19-13-24(27)23-12-8-11-22(19)23;1-16(2)20-8-7-9-21(17(3)4)22(20)25-15-24(14-23(25,5)6)13-18-10-11-19(24)12-18/h7,9-10,17-19,22-24H,8,11-16H2,1-6H3;7-9,16-19H,10-15H2,1-6H3. The first-order valence-corrected chi connectivity index (χ1v) is 22.8. The van der Waals surface area contributed by atoms with Gasteiger partial charge < -0.3 is 9.80 Å². The maximum absolute atomic E-state index is 2.89. The minimum absolute atomic E-state index is 0.271. The summed E-state index contributed by atoms with van der Waals surface area (Å²) in [4.78, 5) is 5.74. The zero-order valence-electron chi connectivity index (χ0n) is 36.3. The molecule has 2 aromatic carbocycles. The fourth-order valence-corrected chi connectivity index (χ4v) is 15.2. The molecular formula is C51H78N2. The van der Waals surface area contributed by atoms with Crippen molar-refractivity contribution in [3.8, 4) is 0 Å². The van der Waals surface area contributed by atoms with E-state index in [-0.39, 0.29) is 11.1 Å². The number of para-hydroxylation sites is 2. The lowest BCUT2D eigenvalue weighted by Gasteiger charge is -2.41. The largest absolute Gasteiger partial charge is 0.365 e. The minimum atomic E-state index is 0.271. The van der Waals surface area contributed by atoms with Gasteiger partial charge in [-0.25, -0.2) is 0 Å². The summed E-state index contributed by atoms with van der Waals surface area (Å²) in [6.45, 7) is 31.7. The third kappa shape index (κ3) is 6.15. The smallest absolute Gasteiger partial charge is 0.0441 e. The van der Waals surface area contributed by atoms with Crippen LogP contribution in [-0.2, 0) is 0 Å². The van der Waals surface area contributed by atoms with E-state index in [1.54, 1.807) is 46.5 Å². The van der Waals surface area contributed by atoms with Crippen LogP contribution in [0.15, 0.2) is 36.4 Å². The molecule has 4 bridgehead atoms. The van der Waals surface area contributed by atoms with Crippen LogP contribution in [0.3, 0.4) is 0 Å². The molecule has 7 fully saturated rings. The second-order valence-electron chi connectivity index (χ2n) is 22.7. The average Bonchev–Trinajstić information content (AvgIpc) is 3.94. The van der Waals surface area contributed by atoms with Gasteiger partial charge in [0.1, 0.15) is 0 Å². The van der Waals surface area contributed by atoms with E-state index in [1.807, 2.05) is 0 Å². The molecular weight excluding hydrogens is 641 g/mol. The second-order valence-corrected chi connectivity index (χ2v) is 22.7. The van der Waals surface area contributed by atoms with Crippen LogP contribution >= 0.6 is 0 Å². The van der Waals surface area contributed by atoms with Crippen LogP contribution in [-0.4, -0.2) is 24.2 Å². The molecule has 0 radical (unpaired) electrons. The Morgan fingerprint density at radius 3 is 1.47 bits per heavy atom. The van der Waals surface area contributed by atoms with E-state index in [4.69, 9.17) is 0 Å². The highest BCUT2D eigenvalue weighted by atomic mass is 15.3. The summed E-state index contributed by atoms with van der Waals surface area (Å²) in [5.74, 6) is 8.60. The zero-order chi connectivity index (χ0) is 37.8. The second kappa shape index (κ2) is 13.3. The summed E-state index contributed by atoms with van der Waals surface area (Å²) in [6.07, 6.45) is 16.5. The Morgan fingerprint density at radius 2 is 1.02 bits per heavy atom. The van der Waals surface area contributed by atoms with Gasteiger partial charge in [-0.05, 0) is 178 Å². The predicted octanol–water partition coefficient (Wildman–Crippen LogP) is 14.1. The molecule has 7 aliphatic rings. The highest BCUT2D eigenvalue weighted by Gasteiger charge is 2.65. The SMILES string of the molecule is CC(C)c1cccc(C(C)C)c1N1CC2(CC3CC2C2CCCC32)CC1(C)C.CC(C)c1cccc(C(C)C)c1N1CC2(CC3CCC2C3)CC1(C)C. The quantitative estimate of drug-likeness (QED) is 0.293. The molecule has 2 aliphatic heterocycles. The van der Waals surface area contributed by atoms with E-state index in [2.05, 4.69) is 129 Å². The molecule has 0 aromatic heterocycles. The summed E-state index contributed by atoms with van der Waals surface area (Å²) in [5.41, 5.74) is 11.2. The number of benzene rings is 2. The van der Waals surface area contributed by atoms with Crippen molar-refractivity contribution in [2.75, 3.05) is 22.9 Å². The summed E-state index contributed by atoms with van der Waals surface area (Å²) < 4.78 is 0. The van der Waals surface area contributed by atoms with E-state index in [0.717, 1.165) is 35.5 Å². The third-order valence-electron chi connectivity index (χ3n) is 17.1. The zero-order valence-corrected chi connectivity index (χ0v) is 36.3. The van der Waals surface area contributed by atoms with Gasteiger partial charge in [0, 0.05) is 35.5 Å². The van der Waals surface area contributed by atoms with Crippen molar-refractivity contribution in [3.63, 3.8) is 0 Å². The van der Waals surface area contributed by atoms with Gasteiger partial charge in [0.2, 0.25) is 0 Å². The third-order valence-corrected chi connectivity index (χ3v) is 17.1. The molecule has 2 nitrogen and oxygen atoms in total. The van der Waals surface area contributed by atoms with Crippen LogP contribution < -0.4 is 9.80 Å². The lowest BCUT2D eigenvalue weighted by Crippen LogP contribution is -2.40. The average molecular weight is 719 g/mol. The first-order chi connectivity index (χ1) is 25.0. The van der Waals surface area contributed by atoms with Crippen molar-refractivity contribution < 1.29 is 0 Å². The van der Waals surface area contributed by atoms with E-state index >= 15 is 0 Å². The number of anilines is 2. The first-order valence-electron chi connectivity index (χ1n) is 22.8. The molecule has 5 saturated carbocycles. The van der Waals surface area contributed by atoms with Gasteiger partial charge in [0.25, 0.3) is 0 Å². The van der Waals surface area contributed by atoms with Crippen molar-refractivity contribution in [3.05, 3.63) is 58.7 Å². The van der Waals surface area contributed by atoms with Gasteiger partial charge >= 0.3 is 0 Å². The molecule has 53 heavy (non-hydrogen) atoms. The van der Waals surface area contributed by atoms with Crippen LogP contribution in [0.1, 0.15) is 200 Å². The summed E-state index contributed by atoms with van der Waals surface area (Å²) in [6, 6.07) is 14.2. The number of hydrogen-bond acceptors (Lipinski definition) is 2. The van der Waals surface area contributed by atoms with Gasteiger partial charge in [-0.15, -0.1) is 0 Å². The fourth-order valence-electron chi connectivity index (χ4n) is 15.2. The summed E-state index contributed by atoms with van der Waals surface area (Å²) >= 11 is 0. The maximum atomic E-state index is 2.89. The maximum Gasteiger partial charge on any atom is 0.0441 e. The summed E-state index contributed by atoms with van der Waals surface area (Å²) in [5, 5.41) is 0.